The molecule has 5 nitrogen and oxygen atoms in total. The fraction of sp³-hybridized carbons (Fsp3) is 0.348. The van der Waals surface area contributed by atoms with Crippen molar-refractivity contribution in [3.63, 3.8) is 0 Å². The summed E-state index contributed by atoms with van der Waals surface area (Å²) in [4.78, 5) is 7.35. The summed E-state index contributed by atoms with van der Waals surface area (Å²) < 4.78 is 0. The number of hydrogen-bond acceptors (Lipinski definition) is 5. The Kier molecular flexibility index (Phi) is 6.04. The number of aromatic nitrogens is 1. The van der Waals surface area contributed by atoms with Gasteiger partial charge >= 0.3 is 0 Å². The zero-order valence-electron chi connectivity index (χ0n) is 16.5. The normalized spacial score (nSPS) is 14.4. The Morgan fingerprint density at radius 3 is 2.57 bits per heavy atom. The van der Waals surface area contributed by atoms with E-state index in [4.69, 9.17) is 4.98 Å². The predicted octanol–water partition coefficient (Wildman–Crippen LogP) is 3.33. The molecule has 2 heterocycles. The second-order valence-electron chi connectivity index (χ2n) is 7.24. The maximum atomic E-state index is 4.92. The first-order valence-corrected chi connectivity index (χ1v) is 10.2. The number of nitrogens with zero attached hydrogens (tertiary/aromatic N) is 2. The summed E-state index contributed by atoms with van der Waals surface area (Å²) in [5, 5.41) is 11.4. The van der Waals surface area contributed by atoms with E-state index in [0.717, 1.165) is 68.2 Å². The van der Waals surface area contributed by atoms with Crippen molar-refractivity contribution in [3.8, 4) is 11.3 Å². The van der Waals surface area contributed by atoms with Crippen LogP contribution in [0, 0.1) is 0 Å². The average molecular weight is 376 g/mol. The molecule has 1 aliphatic rings. The standard InChI is InChI=1S/C23H29N5/c1-24-11-4-12-26-23-17-22(27-21-6-3-2-5-20(21)23)18-7-9-19(10-8-18)28-15-13-25-14-16-28/h2-3,5-10,17,24-25H,4,11-16H2,1H3,(H,26,27). The van der Waals surface area contributed by atoms with Crippen LogP contribution in [-0.4, -0.2) is 51.3 Å². The lowest BCUT2D eigenvalue weighted by Crippen LogP contribution is -2.43. The second-order valence-corrected chi connectivity index (χ2v) is 7.24. The predicted molar refractivity (Wildman–Crippen MR) is 119 cm³/mol. The average Bonchev–Trinajstić information content (AvgIpc) is 2.77. The minimum Gasteiger partial charge on any atom is -0.384 e. The molecule has 3 N–H and O–H groups in total. The van der Waals surface area contributed by atoms with Gasteiger partial charge in [-0.05, 0) is 44.3 Å². The molecule has 0 spiro atoms. The van der Waals surface area contributed by atoms with Crippen molar-refractivity contribution < 1.29 is 0 Å². The third-order valence-electron chi connectivity index (χ3n) is 5.28. The maximum absolute atomic E-state index is 4.92. The molecule has 0 amide bonds. The van der Waals surface area contributed by atoms with Gasteiger partial charge < -0.3 is 20.9 Å². The molecule has 1 fully saturated rings. The van der Waals surface area contributed by atoms with Gasteiger partial charge in [-0.3, -0.25) is 0 Å². The number of nitrogens with one attached hydrogen (secondary N) is 3. The van der Waals surface area contributed by atoms with Crippen LogP contribution in [0.1, 0.15) is 6.42 Å². The molecule has 3 aromatic rings. The van der Waals surface area contributed by atoms with Crippen molar-refractivity contribution >= 4 is 22.3 Å². The van der Waals surface area contributed by atoms with Crippen LogP contribution < -0.4 is 20.9 Å². The molecule has 1 aliphatic heterocycles. The molecular formula is C23H29N5. The largest absolute Gasteiger partial charge is 0.384 e. The van der Waals surface area contributed by atoms with Crippen LogP contribution in [0.4, 0.5) is 11.4 Å². The highest BCUT2D eigenvalue weighted by Gasteiger charge is 2.11. The van der Waals surface area contributed by atoms with Crippen LogP contribution in [0.25, 0.3) is 22.2 Å². The third-order valence-corrected chi connectivity index (χ3v) is 5.28. The lowest BCUT2D eigenvalue weighted by Gasteiger charge is -2.29. The number of pyridine rings is 1. The lowest BCUT2D eigenvalue weighted by molar-refractivity contribution is 0.589. The molecule has 0 saturated carbocycles. The van der Waals surface area contributed by atoms with Crippen molar-refractivity contribution in [1.82, 2.24) is 15.6 Å². The molecule has 146 valence electrons. The molecule has 2 aromatic carbocycles. The van der Waals surface area contributed by atoms with Gasteiger partial charge in [0.1, 0.15) is 0 Å². The van der Waals surface area contributed by atoms with Crippen molar-refractivity contribution in [2.75, 3.05) is 56.5 Å². The van der Waals surface area contributed by atoms with Crippen LogP contribution in [0.2, 0.25) is 0 Å². The number of piperazine rings is 1. The molecule has 0 radical (unpaired) electrons. The van der Waals surface area contributed by atoms with Gasteiger partial charge in [-0.2, -0.15) is 0 Å². The van der Waals surface area contributed by atoms with Gasteiger partial charge in [-0.1, -0.05) is 30.3 Å². The smallest absolute Gasteiger partial charge is 0.0730 e. The summed E-state index contributed by atoms with van der Waals surface area (Å²) in [6.07, 6.45) is 1.09. The topological polar surface area (TPSA) is 52.2 Å². The van der Waals surface area contributed by atoms with E-state index in [2.05, 4.69) is 75.4 Å². The Balaban J connectivity index is 1.60. The molecule has 28 heavy (non-hydrogen) atoms. The number of rotatable bonds is 7. The fourth-order valence-electron chi connectivity index (χ4n) is 3.72. The molecule has 1 aromatic heterocycles. The first-order chi connectivity index (χ1) is 13.8. The van der Waals surface area contributed by atoms with Gasteiger partial charge in [0, 0.05) is 55.0 Å². The number of anilines is 2. The van der Waals surface area contributed by atoms with Crippen molar-refractivity contribution in [2.24, 2.45) is 0 Å². The molecule has 1 saturated heterocycles. The summed E-state index contributed by atoms with van der Waals surface area (Å²) in [6, 6.07) is 19.4. The van der Waals surface area contributed by atoms with E-state index >= 15 is 0 Å². The van der Waals surface area contributed by atoms with Gasteiger partial charge in [-0.15, -0.1) is 0 Å². The Labute approximate surface area is 167 Å². The van der Waals surface area contributed by atoms with Crippen LogP contribution in [0.5, 0.6) is 0 Å². The maximum Gasteiger partial charge on any atom is 0.0730 e. The highest BCUT2D eigenvalue weighted by molar-refractivity contribution is 5.93. The highest BCUT2D eigenvalue weighted by Crippen LogP contribution is 2.29. The van der Waals surface area contributed by atoms with Crippen molar-refractivity contribution in [3.05, 3.63) is 54.6 Å². The van der Waals surface area contributed by atoms with E-state index in [1.54, 1.807) is 0 Å². The van der Waals surface area contributed by atoms with Crippen LogP contribution in [0.3, 0.4) is 0 Å². The molecule has 4 rings (SSSR count). The number of hydrogen-bond donors (Lipinski definition) is 3. The molecule has 0 unspecified atom stereocenters. The number of benzene rings is 2. The monoisotopic (exact) mass is 375 g/mol. The van der Waals surface area contributed by atoms with E-state index < -0.39 is 0 Å². The summed E-state index contributed by atoms with van der Waals surface area (Å²) in [5.41, 5.74) is 5.64. The molecule has 0 bridgehead atoms. The van der Waals surface area contributed by atoms with E-state index in [0.29, 0.717) is 0 Å². The Hall–Kier alpha value is -2.63. The van der Waals surface area contributed by atoms with Gasteiger partial charge in [0.2, 0.25) is 0 Å². The summed E-state index contributed by atoms with van der Waals surface area (Å²) >= 11 is 0. The lowest BCUT2D eigenvalue weighted by atomic mass is 10.1. The van der Waals surface area contributed by atoms with Gasteiger partial charge in [0.15, 0.2) is 0 Å². The van der Waals surface area contributed by atoms with Gasteiger partial charge in [-0.25, -0.2) is 4.98 Å². The van der Waals surface area contributed by atoms with E-state index in [9.17, 15) is 0 Å². The minimum atomic E-state index is 0.941. The Bertz CT molecular complexity index is 901. The summed E-state index contributed by atoms with van der Waals surface area (Å²) in [7, 11) is 1.99. The Morgan fingerprint density at radius 1 is 1.00 bits per heavy atom. The number of para-hydroxylation sites is 1. The van der Waals surface area contributed by atoms with E-state index in [1.807, 2.05) is 7.05 Å². The highest BCUT2D eigenvalue weighted by atomic mass is 15.2. The SMILES string of the molecule is CNCCCNc1cc(-c2ccc(N3CCNCC3)cc2)nc2ccccc12. The van der Waals surface area contributed by atoms with Gasteiger partial charge in [0.05, 0.1) is 11.2 Å². The molecule has 0 aliphatic carbocycles. The zero-order chi connectivity index (χ0) is 19.2. The molecule has 0 atom stereocenters. The van der Waals surface area contributed by atoms with Crippen LogP contribution in [0.15, 0.2) is 54.6 Å². The number of fused-ring (bicyclic) bond motifs is 1. The van der Waals surface area contributed by atoms with E-state index in [-0.39, 0.29) is 0 Å². The summed E-state index contributed by atoms with van der Waals surface area (Å²) in [6.45, 7) is 6.18. The second kappa shape index (κ2) is 9.04. The fourth-order valence-corrected chi connectivity index (χ4v) is 3.72. The first kappa shape index (κ1) is 18.7. The summed E-state index contributed by atoms with van der Waals surface area (Å²) in [5.74, 6) is 0. The van der Waals surface area contributed by atoms with Crippen LogP contribution in [-0.2, 0) is 0 Å². The van der Waals surface area contributed by atoms with Crippen LogP contribution >= 0.6 is 0 Å². The first-order valence-electron chi connectivity index (χ1n) is 10.2. The molecular weight excluding hydrogens is 346 g/mol. The minimum absolute atomic E-state index is 0.941. The quantitative estimate of drug-likeness (QED) is 0.553. The van der Waals surface area contributed by atoms with E-state index in [1.165, 1.54) is 11.1 Å². The zero-order valence-corrected chi connectivity index (χ0v) is 16.5. The van der Waals surface area contributed by atoms with Gasteiger partial charge in [0.25, 0.3) is 0 Å². The Morgan fingerprint density at radius 2 is 1.79 bits per heavy atom. The third kappa shape index (κ3) is 4.26. The molecule has 5 heteroatoms. The van der Waals surface area contributed by atoms with Crippen molar-refractivity contribution in [2.45, 2.75) is 6.42 Å². The van der Waals surface area contributed by atoms with Crippen molar-refractivity contribution in [1.29, 1.82) is 0 Å².